The maximum absolute atomic E-state index is 12.9. The minimum Gasteiger partial charge on any atom is -0.495 e. The second-order valence-corrected chi connectivity index (χ2v) is 6.92. The van der Waals surface area contributed by atoms with E-state index in [1.807, 2.05) is 0 Å². The SMILES string of the molecule is COc1ccc(Cl)cc1N1C(=O)C[C@@H]([NH+]2CCC(C)CC2)C1=O. The molecule has 2 amide bonds. The van der Waals surface area contributed by atoms with Gasteiger partial charge in [0, 0.05) is 5.02 Å². The van der Waals surface area contributed by atoms with Crippen molar-refractivity contribution in [2.45, 2.75) is 32.2 Å². The molecule has 1 atom stereocenters. The van der Waals surface area contributed by atoms with Gasteiger partial charge in [-0.1, -0.05) is 18.5 Å². The van der Waals surface area contributed by atoms with Crippen molar-refractivity contribution >= 4 is 29.1 Å². The fourth-order valence-electron chi connectivity index (χ4n) is 3.52. The monoisotopic (exact) mass is 337 g/mol. The van der Waals surface area contributed by atoms with Crippen LogP contribution >= 0.6 is 11.6 Å². The lowest BCUT2D eigenvalue weighted by Crippen LogP contribution is -3.17. The predicted octanol–water partition coefficient (Wildman–Crippen LogP) is 1.30. The third-order valence-corrected chi connectivity index (χ3v) is 5.17. The van der Waals surface area contributed by atoms with Crippen molar-refractivity contribution in [2.24, 2.45) is 5.92 Å². The second kappa shape index (κ2) is 6.49. The first kappa shape index (κ1) is 16.3. The Morgan fingerprint density at radius 1 is 1.26 bits per heavy atom. The van der Waals surface area contributed by atoms with E-state index < -0.39 is 0 Å². The van der Waals surface area contributed by atoms with E-state index in [0.29, 0.717) is 22.4 Å². The highest BCUT2D eigenvalue weighted by atomic mass is 35.5. The molecule has 0 aromatic heterocycles. The number of piperidine rings is 1. The zero-order valence-corrected chi connectivity index (χ0v) is 14.2. The van der Waals surface area contributed by atoms with E-state index in [0.717, 1.165) is 25.9 Å². The fourth-order valence-corrected chi connectivity index (χ4v) is 3.69. The molecule has 0 spiro atoms. The molecule has 1 aromatic carbocycles. The van der Waals surface area contributed by atoms with E-state index in [9.17, 15) is 9.59 Å². The van der Waals surface area contributed by atoms with Gasteiger partial charge in [0.15, 0.2) is 6.04 Å². The van der Waals surface area contributed by atoms with Crippen LogP contribution in [0.1, 0.15) is 26.2 Å². The highest BCUT2D eigenvalue weighted by molar-refractivity contribution is 6.31. The van der Waals surface area contributed by atoms with Gasteiger partial charge in [-0.15, -0.1) is 0 Å². The number of halogens is 1. The third-order valence-electron chi connectivity index (χ3n) is 4.94. The van der Waals surface area contributed by atoms with Gasteiger partial charge in [-0.05, 0) is 37.0 Å². The summed E-state index contributed by atoms with van der Waals surface area (Å²) in [6.45, 7) is 4.14. The Kier molecular flexibility index (Phi) is 4.60. The summed E-state index contributed by atoms with van der Waals surface area (Å²) in [5.74, 6) is 0.876. The Labute approximate surface area is 141 Å². The predicted molar refractivity (Wildman–Crippen MR) is 88.0 cm³/mol. The van der Waals surface area contributed by atoms with E-state index in [-0.39, 0.29) is 24.3 Å². The number of carbonyl (C=O) groups is 2. The number of quaternary nitrogens is 1. The number of ether oxygens (including phenoxy) is 1. The van der Waals surface area contributed by atoms with Crippen LogP contribution < -0.4 is 14.5 Å². The average molecular weight is 338 g/mol. The summed E-state index contributed by atoms with van der Waals surface area (Å²) in [6.07, 6.45) is 2.47. The summed E-state index contributed by atoms with van der Waals surface area (Å²) in [4.78, 5) is 27.8. The molecule has 23 heavy (non-hydrogen) atoms. The van der Waals surface area contributed by atoms with Crippen molar-refractivity contribution in [3.63, 3.8) is 0 Å². The molecule has 1 aromatic rings. The van der Waals surface area contributed by atoms with Crippen LogP contribution in [0.25, 0.3) is 0 Å². The third kappa shape index (κ3) is 3.08. The lowest BCUT2D eigenvalue weighted by Gasteiger charge is -2.30. The van der Waals surface area contributed by atoms with Gasteiger partial charge in [-0.2, -0.15) is 0 Å². The van der Waals surface area contributed by atoms with Crippen LogP contribution in [-0.4, -0.2) is 38.1 Å². The Bertz CT molecular complexity index is 626. The first-order valence-corrected chi connectivity index (χ1v) is 8.44. The van der Waals surface area contributed by atoms with Crippen LogP contribution in [-0.2, 0) is 9.59 Å². The molecule has 124 valence electrons. The largest absolute Gasteiger partial charge is 0.495 e. The van der Waals surface area contributed by atoms with E-state index in [1.54, 1.807) is 18.2 Å². The van der Waals surface area contributed by atoms with E-state index in [1.165, 1.54) is 16.9 Å². The molecule has 2 saturated heterocycles. The fraction of sp³-hybridized carbons (Fsp3) is 0.529. The molecule has 0 bridgehead atoms. The van der Waals surface area contributed by atoms with Crippen molar-refractivity contribution in [1.29, 1.82) is 0 Å². The highest BCUT2D eigenvalue weighted by Crippen LogP contribution is 2.34. The van der Waals surface area contributed by atoms with Crippen LogP contribution in [0.3, 0.4) is 0 Å². The van der Waals surface area contributed by atoms with Crippen molar-refractivity contribution < 1.29 is 19.2 Å². The number of rotatable bonds is 3. The van der Waals surface area contributed by atoms with Gasteiger partial charge in [-0.25, -0.2) is 4.90 Å². The van der Waals surface area contributed by atoms with E-state index in [4.69, 9.17) is 16.3 Å². The van der Waals surface area contributed by atoms with Crippen LogP contribution in [0.2, 0.25) is 5.02 Å². The minimum atomic E-state index is -0.279. The first-order chi connectivity index (χ1) is 11.0. The summed E-state index contributed by atoms with van der Waals surface area (Å²) in [6, 6.07) is 4.70. The topological polar surface area (TPSA) is 51.0 Å². The zero-order chi connectivity index (χ0) is 16.6. The maximum Gasteiger partial charge on any atom is 0.292 e. The quantitative estimate of drug-likeness (QED) is 0.846. The van der Waals surface area contributed by atoms with Crippen LogP contribution in [0.5, 0.6) is 5.75 Å². The molecule has 5 nitrogen and oxygen atoms in total. The summed E-state index contributed by atoms with van der Waals surface area (Å²) < 4.78 is 5.29. The van der Waals surface area contributed by atoms with Gasteiger partial charge in [-0.3, -0.25) is 9.59 Å². The molecule has 0 radical (unpaired) electrons. The van der Waals surface area contributed by atoms with Gasteiger partial charge in [0.05, 0.1) is 32.3 Å². The number of anilines is 1. The molecule has 2 heterocycles. The van der Waals surface area contributed by atoms with E-state index in [2.05, 4.69) is 6.92 Å². The van der Waals surface area contributed by atoms with Crippen molar-refractivity contribution in [1.82, 2.24) is 0 Å². The number of likely N-dealkylation sites (tertiary alicyclic amines) is 1. The van der Waals surface area contributed by atoms with Crippen LogP contribution in [0, 0.1) is 5.92 Å². The number of nitrogens with one attached hydrogen (secondary N) is 1. The molecule has 0 saturated carbocycles. The van der Waals surface area contributed by atoms with Crippen LogP contribution in [0.4, 0.5) is 5.69 Å². The number of hydrogen-bond acceptors (Lipinski definition) is 3. The summed E-state index contributed by atoms with van der Waals surface area (Å²) in [7, 11) is 1.52. The van der Waals surface area contributed by atoms with Crippen molar-refractivity contribution in [3.8, 4) is 5.75 Å². The Morgan fingerprint density at radius 2 is 1.96 bits per heavy atom. The number of imide groups is 1. The molecule has 2 aliphatic heterocycles. The molecule has 1 N–H and O–H groups in total. The Balaban J connectivity index is 1.86. The molecular formula is C17H22ClN2O3+. The number of carbonyl (C=O) groups excluding carboxylic acids is 2. The molecule has 6 heteroatoms. The lowest BCUT2D eigenvalue weighted by molar-refractivity contribution is -0.920. The maximum atomic E-state index is 12.9. The number of benzene rings is 1. The number of methoxy groups -OCH3 is 1. The van der Waals surface area contributed by atoms with Gasteiger partial charge >= 0.3 is 0 Å². The summed E-state index contributed by atoms with van der Waals surface area (Å²) in [5.41, 5.74) is 0.447. The summed E-state index contributed by atoms with van der Waals surface area (Å²) >= 11 is 6.04. The lowest BCUT2D eigenvalue weighted by atomic mass is 9.97. The van der Waals surface area contributed by atoms with Crippen molar-refractivity contribution in [3.05, 3.63) is 23.2 Å². The average Bonchev–Trinajstić information content (AvgIpc) is 2.83. The number of amides is 2. The van der Waals surface area contributed by atoms with Gasteiger partial charge < -0.3 is 9.64 Å². The zero-order valence-electron chi connectivity index (χ0n) is 13.5. The molecule has 0 aliphatic carbocycles. The van der Waals surface area contributed by atoms with Gasteiger partial charge in [0.1, 0.15) is 5.75 Å². The van der Waals surface area contributed by atoms with E-state index >= 15 is 0 Å². The Morgan fingerprint density at radius 3 is 2.61 bits per heavy atom. The number of nitrogens with zero attached hydrogens (tertiary/aromatic N) is 1. The number of hydrogen-bond donors (Lipinski definition) is 1. The molecule has 3 rings (SSSR count). The second-order valence-electron chi connectivity index (χ2n) is 6.48. The van der Waals surface area contributed by atoms with Gasteiger partial charge in [0.25, 0.3) is 5.91 Å². The molecule has 0 unspecified atom stereocenters. The molecular weight excluding hydrogens is 316 g/mol. The summed E-state index contributed by atoms with van der Waals surface area (Å²) in [5, 5.41) is 0.476. The molecule has 2 aliphatic rings. The minimum absolute atomic E-state index is 0.139. The normalized spacial score (nSPS) is 28.3. The first-order valence-electron chi connectivity index (χ1n) is 8.06. The molecule has 2 fully saturated rings. The smallest absolute Gasteiger partial charge is 0.292 e. The van der Waals surface area contributed by atoms with Gasteiger partial charge in [0.2, 0.25) is 5.91 Å². The standard InChI is InChI=1S/C17H21ClN2O3/c1-11-5-7-19(8-6-11)14-10-16(21)20(17(14)22)13-9-12(18)3-4-15(13)23-2/h3-4,9,11,14H,5-8,10H2,1-2H3/p+1/t14-/m1/s1. The highest BCUT2D eigenvalue weighted by Gasteiger charge is 2.47. The van der Waals surface area contributed by atoms with Crippen molar-refractivity contribution in [2.75, 3.05) is 25.1 Å². The van der Waals surface area contributed by atoms with Crippen LogP contribution in [0.15, 0.2) is 18.2 Å². The Hall–Kier alpha value is -1.59.